The minimum Gasteiger partial charge on any atom is -0.399 e. The molecule has 4 nitrogen and oxygen atoms in total. The Morgan fingerprint density at radius 2 is 2.11 bits per heavy atom. The summed E-state index contributed by atoms with van der Waals surface area (Å²) in [4.78, 5) is 13.7. The molecule has 0 aliphatic carbocycles. The van der Waals surface area contributed by atoms with E-state index in [1.807, 2.05) is 6.07 Å². The maximum Gasteiger partial charge on any atom is 0.255 e. The number of carbonyl (C=O) groups excluding carboxylic acids is 1. The van der Waals surface area contributed by atoms with Crippen molar-refractivity contribution in [2.75, 3.05) is 25.1 Å². The van der Waals surface area contributed by atoms with Crippen LogP contribution in [0.2, 0.25) is 0 Å². The molecule has 4 heteroatoms. The molecule has 0 radical (unpaired) electrons. The number of carbonyl (C=O) groups is 1. The van der Waals surface area contributed by atoms with Crippen molar-refractivity contribution in [3.05, 3.63) is 23.8 Å². The number of rotatable bonds is 6. The van der Waals surface area contributed by atoms with Crippen LogP contribution in [0.4, 0.5) is 11.4 Å². The Morgan fingerprint density at radius 3 is 2.68 bits per heavy atom. The molecule has 106 valence electrons. The molecule has 1 aromatic rings. The average Bonchev–Trinajstić information content (AvgIpc) is 2.35. The maximum absolute atomic E-state index is 12.1. The van der Waals surface area contributed by atoms with E-state index >= 15 is 0 Å². The van der Waals surface area contributed by atoms with Crippen LogP contribution in [0.3, 0.4) is 0 Å². The average molecular weight is 263 g/mol. The SMILES string of the molecule is CCCCC(C)Nc1cc(N)ccc1C(=O)N(C)C. The molecule has 1 amide bonds. The number of hydrogen-bond donors (Lipinski definition) is 2. The number of unbranched alkanes of at least 4 members (excludes halogenated alkanes) is 1. The molecule has 0 spiro atoms. The summed E-state index contributed by atoms with van der Waals surface area (Å²) in [5.41, 5.74) is 7.97. The number of nitrogens with two attached hydrogens (primary N) is 1. The molecule has 0 fully saturated rings. The first-order chi connectivity index (χ1) is 8.95. The fourth-order valence-electron chi connectivity index (χ4n) is 1.96. The molecule has 0 saturated carbocycles. The number of amides is 1. The van der Waals surface area contributed by atoms with Crippen molar-refractivity contribution in [2.24, 2.45) is 0 Å². The molecular weight excluding hydrogens is 238 g/mol. The molecular formula is C15H25N3O. The lowest BCUT2D eigenvalue weighted by Gasteiger charge is -2.20. The fourth-order valence-corrected chi connectivity index (χ4v) is 1.96. The number of anilines is 2. The first-order valence-corrected chi connectivity index (χ1v) is 6.83. The van der Waals surface area contributed by atoms with E-state index in [9.17, 15) is 4.79 Å². The van der Waals surface area contributed by atoms with Gasteiger partial charge in [0.2, 0.25) is 0 Å². The van der Waals surface area contributed by atoms with Crippen molar-refractivity contribution in [1.29, 1.82) is 0 Å². The second-order valence-corrected chi connectivity index (χ2v) is 5.19. The first kappa shape index (κ1) is 15.3. The molecule has 1 atom stereocenters. The quantitative estimate of drug-likeness (QED) is 0.776. The Hall–Kier alpha value is -1.71. The summed E-state index contributed by atoms with van der Waals surface area (Å²) >= 11 is 0. The smallest absolute Gasteiger partial charge is 0.255 e. The predicted octanol–water partition coefficient (Wildman–Crippen LogP) is 2.96. The molecule has 0 aromatic heterocycles. The summed E-state index contributed by atoms with van der Waals surface area (Å²) in [6.07, 6.45) is 3.43. The van der Waals surface area contributed by atoms with Crippen molar-refractivity contribution >= 4 is 17.3 Å². The first-order valence-electron chi connectivity index (χ1n) is 6.83. The molecule has 0 heterocycles. The molecule has 0 saturated heterocycles. The van der Waals surface area contributed by atoms with Gasteiger partial charge in [-0.05, 0) is 31.5 Å². The van der Waals surface area contributed by atoms with E-state index in [1.165, 1.54) is 12.8 Å². The van der Waals surface area contributed by atoms with Gasteiger partial charge in [0, 0.05) is 31.5 Å². The van der Waals surface area contributed by atoms with E-state index in [0.717, 1.165) is 12.1 Å². The summed E-state index contributed by atoms with van der Waals surface area (Å²) in [5.74, 6) is -0.00908. The lowest BCUT2D eigenvalue weighted by molar-refractivity contribution is 0.0828. The Balaban J connectivity index is 2.91. The van der Waals surface area contributed by atoms with Crippen molar-refractivity contribution in [2.45, 2.75) is 39.2 Å². The Bertz CT molecular complexity index is 429. The Morgan fingerprint density at radius 1 is 1.42 bits per heavy atom. The highest BCUT2D eigenvalue weighted by Gasteiger charge is 2.14. The van der Waals surface area contributed by atoms with Crippen LogP contribution in [0.1, 0.15) is 43.5 Å². The number of hydrogen-bond acceptors (Lipinski definition) is 3. The molecule has 3 N–H and O–H groups in total. The van der Waals surface area contributed by atoms with E-state index in [4.69, 9.17) is 5.73 Å². The Labute approximate surface area is 116 Å². The van der Waals surface area contributed by atoms with E-state index in [0.29, 0.717) is 17.3 Å². The second-order valence-electron chi connectivity index (χ2n) is 5.19. The number of nitrogen functional groups attached to an aromatic ring is 1. The zero-order chi connectivity index (χ0) is 14.4. The van der Waals surface area contributed by atoms with Gasteiger partial charge in [-0.1, -0.05) is 19.8 Å². The zero-order valence-corrected chi connectivity index (χ0v) is 12.4. The molecule has 1 unspecified atom stereocenters. The summed E-state index contributed by atoms with van der Waals surface area (Å²) in [6, 6.07) is 5.71. The highest BCUT2D eigenvalue weighted by atomic mass is 16.2. The largest absolute Gasteiger partial charge is 0.399 e. The van der Waals surface area contributed by atoms with E-state index < -0.39 is 0 Å². The van der Waals surface area contributed by atoms with Gasteiger partial charge in [0.15, 0.2) is 0 Å². The van der Waals surface area contributed by atoms with Gasteiger partial charge in [0.25, 0.3) is 5.91 Å². The summed E-state index contributed by atoms with van der Waals surface area (Å²) < 4.78 is 0. The van der Waals surface area contributed by atoms with Gasteiger partial charge in [0.05, 0.1) is 5.56 Å². The van der Waals surface area contributed by atoms with E-state index in [2.05, 4.69) is 19.2 Å². The van der Waals surface area contributed by atoms with Crippen LogP contribution < -0.4 is 11.1 Å². The maximum atomic E-state index is 12.1. The highest BCUT2D eigenvalue weighted by molar-refractivity contribution is 6.00. The third kappa shape index (κ3) is 4.47. The fraction of sp³-hybridized carbons (Fsp3) is 0.533. The van der Waals surface area contributed by atoms with Crippen LogP contribution in [0.15, 0.2) is 18.2 Å². The van der Waals surface area contributed by atoms with Crippen LogP contribution >= 0.6 is 0 Å². The third-order valence-corrected chi connectivity index (χ3v) is 3.07. The van der Waals surface area contributed by atoms with Gasteiger partial charge in [-0.3, -0.25) is 4.79 Å². The van der Waals surface area contributed by atoms with Gasteiger partial charge in [-0.25, -0.2) is 0 Å². The minimum absolute atomic E-state index is 0.00908. The second kappa shape index (κ2) is 7.02. The van der Waals surface area contributed by atoms with Crippen LogP contribution in [0.5, 0.6) is 0 Å². The zero-order valence-electron chi connectivity index (χ0n) is 12.4. The molecule has 1 aromatic carbocycles. The van der Waals surface area contributed by atoms with Crippen LogP contribution in [0, 0.1) is 0 Å². The summed E-state index contributed by atoms with van der Waals surface area (Å²) in [7, 11) is 3.51. The van der Waals surface area contributed by atoms with Crippen LogP contribution in [0.25, 0.3) is 0 Å². The number of nitrogens with zero attached hydrogens (tertiary/aromatic N) is 1. The molecule has 0 aliphatic heterocycles. The van der Waals surface area contributed by atoms with Gasteiger partial charge >= 0.3 is 0 Å². The minimum atomic E-state index is -0.00908. The van der Waals surface area contributed by atoms with Gasteiger partial charge in [0.1, 0.15) is 0 Å². The van der Waals surface area contributed by atoms with E-state index in [-0.39, 0.29) is 5.91 Å². The van der Waals surface area contributed by atoms with Crippen LogP contribution in [-0.4, -0.2) is 30.9 Å². The van der Waals surface area contributed by atoms with Crippen molar-refractivity contribution < 1.29 is 4.79 Å². The summed E-state index contributed by atoms with van der Waals surface area (Å²) in [5, 5.41) is 3.39. The summed E-state index contributed by atoms with van der Waals surface area (Å²) in [6.45, 7) is 4.30. The number of nitrogens with one attached hydrogen (secondary N) is 1. The van der Waals surface area contributed by atoms with Crippen molar-refractivity contribution in [3.63, 3.8) is 0 Å². The van der Waals surface area contributed by atoms with Crippen molar-refractivity contribution in [1.82, 2.24) is 4.90 Å². The topological polar surface area (TPSA) is 58.4 Å². The third-order valence-electron chi connectivity index (χ3n) is 3.07. The van der Waals surface area contributed by atoms with Crippen molar-refractivity contribution in [3.8, 4) is 0 Å². The van der Waals surface area contributed by atoms with Crippen LogP contribution in [-0.2, 0) is 0 Å². The molecule has 19 heavy (non-hydrogen) atoms. The van der Waals surface area contributed by atoms with Gasteiger partial charge < -0.3 is 16.0 Å². The molecule has 0 bridgehead atoms. The lowest BCUT2D eigenvalue weighted by atomic mass is 10.1. The predicted molar refractivity (Wildman–Crippen MR) is 81.5 cm³/mol. The Kier molecular flexibility index (Phi) is 5.67. The highest BCUT2D eigenvalue weighted by Crippen LogP contribution is 2.22. The monoisotopic (exact) mass is 263 g/mol. The normalized spacial score (nSPS) is 12.0. The lowest BCUT2D eigenvalue weighted by Crippen LogP contribution is -2.24. The van der Waals surface area contributed by atoms with Gasteiger partial charge in [-0.2, -0.15) is 0 Å². The number of benzene rings is 1. The molecule has 0 aliphatic rings. The molecule has 1 rings (SSSR count). The standard InChI is InChI=1S/C15H25N3O/c1-5-6-7-11(2)17-14-10-12(16)8-9-13(14)15(19)18(3)4/h8-11,17H,5-7,16H2,1-4H3. The van der Waals surface area contributed by atoms with E-state index in [1.54, 1.807) is 31.1 Å². The van der Waals surface area contributed by atoms with Gasteiger partial charge in [-0.15, -0.1) is 0 Å².